The van der Waals surface area contributed by atoms with Crippen molar-refractivity contribution in [3.8, 4) is 0 Å². The molecule has 4 nitrogen and oxygen atoms in total. The zero-order chi connectivity index (χ0) is 14.4. The number of anilines is 1. The number of aromatic nitrogens is 1. The van der Waals surface area contributed by atoms with Crippen LogP contribution < -0.4 is 4.90 Å². The fourth-order valence-electron chi connectivity index (χ4n) is 3.06. The average Bonchev–Trinajstić information content (AvgIpc) is 2.98. The lowest BCUT2D eigenvalue weighted by Gasteiger charge is -2.30. The molecule has 0 saturated heterocycles. The molecule has 0 bridgehead atoms. The topological polar surface area (TPSA) is 56.6 Å². The van der Waals surface area contributed by atoms with E-state index in [9.17, 15) is 10.2 Å². The molecule has 1 saturated carbocycles. The fraction of sp³-hybridized carbons (Fsp3) is 0.688. The Labute approximate surface area is 121 Å². The summed E-state index contributed by atoms with van der Waals surface area (Å²) in [6, 6.07) is 4.43. The van der Waals surface area contributed by atoms with E-state index in [2.05, 4.69) is 11.8 Å². The maximum atomic E-state index is 9.44. The Morgan fingerprint density at radius 2 is 2.00 bits per heavy atom. The van der Waals surface area contributed by atoms with Gasteiger partial charge >= 0.3 is 0 Å². The molecule has 1 heterocycles. The summed E-state index contributed by atoms with van der Waals surface area (Å²) >= 11 is 0. The Morgan fingerprint density at radius 1 is 1.25 bits per heavy atom. The second-order valence-corrected chi connectivity index (χ2v) is 5.59. The third-order valence-corrected chi connectivity index (χ3v) is 4.01. The predicted octanol–water partition coefficient (Wildman–Crippen LogP) is 2.27. The number of aliphatic hydroxyl groups is 2. The van der Waals surface area contributed by atoms with E-state index in [0.29, 0.717) is 12.6 Å². The fourth-order valence-corrected chi connectivity index (χ4v) is 3.06. The maximum Gasteiger partial charge on any atom is 0.129 e. The summed E-state index contributed by atoms with van der Waals surface area (Å²) in [6.07, 6.45) is 6.84. The Hall–Kier alpha value is -1.13. The second-order valence-electron chi connectivity index (χ2n) is 5.59. The van der Waals surface area contributed by atoms with Crippen molar-refractivity contribution in [1.29, 1.82) is 0 Å². The quantitative estimate of drug-likeness (QED) is 0.803. The highest BCUT2D eigenvalue weighted by molar-refractivity contribution is 5.44. The van der Waals surface area contributed by atoms with Gasteiger partial charge in [0.15, 0.2) is 0 Å². The summed E-state index contributed by atoms with van der Waals surface area (Å²) in [7, 11) is 0. The standard InChI is InChI=1S/C16H26N2O2/c1-2-5-14-10-13(12-20)11-16(17-14)18(8-9-19)15-6-3-4-7-15/h10-11,15,19-20H,2-9,12H2,1H3. The molecule has 1 aromatic rings. The molecule has 1 aliphatic carbocycles. The third-order valence-electron chi connectivity index (χ3n) is 4.01. The van der Waals surface area contributed by atoms with Crippen molar-refractivity contribution in [2.75, 3.05) is 18.1 Å². The maximum absolute atomic E-state index is 9.44. The van der Waals surface area contributed by atoms with Crippen molar-refractivity contribution >= 4 is 5.82 Å². The van der Waals surface area contributed by atoms with Crippen molar-refractivity contribution in [2.45, 2.75) is 58.1 Å². The second kappa shape index (κ2) is 7.60. The number of nitrogens with zero attached hydrogens (tertiary/aromatic N) is 2. The number of aryl methyl sites for hydroxylation is 1. The van der Waals surface area contributed by atoms with Gasteiger partial charge in [0.2, 0.25) is 0 Å². The van der Waals surface area contributed by atoms with Gasteiger partial charge in [-0.15, -0.1) is 0 Å². The number of hydrogen-bond acceptors (Lipinski definition) is 4. The van der Waals surface area contributed by atoms with E-state index in [-0.39, 0.29) is 13.2 Å². The highest BCUT2D eigenvalue weighted by Crippen LogP contribution is 2.28. The summed E-state index contributed by atoms with van der Waals surface area (Å²) in [6.45, 7) is 2.95. The first-order valence-electron chi connectivity index (χ1n) is 7.76. The van der Waals surface area contributed by atoms with Crippen molar-refractivity contribution in [3.63, 3.8) is 0 Å². The molecule has 0 unspecified atom stereocenters. The Morgan fingerprint density at radius 3 is 2.60 bits per heavy atom. The van der Waals surface area contributed by atoms with Crippen LogP contribution in [-0.2, 0) is 13.0 Å². The van der Waals surface area contributed by atoms with Crippen LogP contribution >= 0.6 is 0 Å². The van der Waals surface area contributed by atoms with Crippen LogP contribution in [0.5, 0.6) is 0 Å². The van der Waals surface area contributed by atoms with Crippen molar-refractivity contribution in [3.05, 3.63) is 23.4 Å². The third kappa shape index (κ3) is 3.70. The minimum Gasteiger partial charge on any atom is -0.395 e. The molecule has 0 aliphatic heterocycles. The van der Waals surface area contributed by atoms with Crippen molar-refractivity contribution in [1.82, 2.24) is 4.98 Å². The van der Waals surface area contributed by atoms with E-state index in [1.807, 2.05) is 12.1 Å². The molecule has 1 aromatic heterocycles. The molecule has 0 radical (unpaired) electrons. The molecule has 0 amide bonds. The normalized spacial score (nSPS) is 15.8. The van der Waals surface area contributed by atoms with E-state index in [1.54, 1.807) is 0 Å². The van der Waals surface area contributed by atoms with Gasteiger partial charge in [-0.05, 0) is 37.0 Å². The smallest absolute Gasteiger partial charge is 0.129 e. The largest absolute Gasteiger partial charge is 0.395 e. The van der Waals surface area contributed by atoms with Gasteiger partial charge in [0.25, 0.3) is 0 Å². The molecule has 4 heteroatoms. The van der Waals surface area contributed by atoms with E-state index >= 15 is 0 Å². The Balaban J connectivity index is 2.27. The van der Waals surface area contributed by atoms with Crippen molar-refractivity contribution in [2.24, 2.45) is 0 Å². The molecule has 0 spiro atoms. The van der Waals surface area contributed by atoms with Gasteiger partial charge in [-0.3, -0.25) is 0 Å². The Bertz CT molecular complexity index is 417. The van der Waals surface area contributed by atoms with E-state index in [4.69, 9.17) is 4.98 Å². The zero-order valence-corrected chi connectivity index (χ0v) is 12.4. The lowest BCUT2D eigenvalue weighted by atomic mass is 10.1. The number of pyridine rings is 1. The van der Waals surface area contributed by atoms with Crippen LogP contribution in [0, 0.1) is 0 Å². The molecular weight excluding hydrogens is 252 g/mol. The molecule has 0 aromatic carbocycles. The van der Waals surface area contributed by atoms with Crippen LogP contribution in [0.1, 0.15) is 50.3 Å². The van der Waals surface area contributed by atoms with Crippen LogP contribution in [0.15, 0.2) is 12.1 Å². The van der Waals surface area contributed by atoms with Crippen LogP contribution in [0.25, 0.3) is 0 Å². The molecule has 20 heavy (non-hydrogen) atoms. The van der Waals surface area contributed by atoms with Gasteiger partial charge in [0.1, 0.15) is 5.82 Å². The van der Waals surface area contributed by atoms with E-state index in [1.165, 1.54) is 25.7 Å². The van der Waals surface area contributed by atoms with Crippen LogP contribution in [0.3, 0.4) is 0 Å². The lowest BCUT2D eigenvalue weighted by Crippen LogP contribution is -2.36. The van der Waals surface area contributed by atoms with E-state index in [0.717, 1.165) is 29.9 Å². The highest BCUT2D eigenvalue weighted by Gasteiger charge is 2.23. The molecule has 2 N–H and O–H groups in total. The van der Waals surface area contributed by atoms with Crippen LogP contribution in [0.4, 0.5) is 5.82 Å². The minimum absolute atomic E-state index is 0.0455. The minimum atomic E-state index is 0.0455. The molecule has 1 aliphatic rings. The van der Waals surface area contributed by atoms with Gasteiger partial charge in [-0.1, -0.05) is 26.2 Å². The number of aliphatic hydroxyl groups excluding tert-OH is 2. The summed E-state index contributed by atoms with van der Waals surface area (Å²) in [5.74, 6) is 0.918. The SMILES string of the molecule is CCCc1cc(CO)cc(N(CCO)C2CCCC2)n1. The van der Waals surface area contributed by atoms with E-state index < -0.39 is 0 Å². The van der Waals surface area contributed by atoms with Gasteiger partial charge in [0.05, 0.1) is 13.2 Å². The Kier molecular flexibility index (Phi) is 5.80. The number of rotatable bonds is 7. The summed E-state index contributed by atoms with van der Waals surface area (Å²) in [5.41, 5.74) is 1.95. The van der Waals surface area contributed by atoms with Gasteiger partial charge < -0.3 is 15.1 Å². The lowest BCUT2D eigenvalue weighted by molar-refractivity contribution is 0.281. The van der Waals surface area contributed by atoms with Crippen LogP contribution in [0.2, 0.25) is 0 Å². The summed E-state index contributed by atoms with van der Waals surface area (Å²) in [5, 5.41) is 18.8. The summed E-state index contributed by atoms with van der Waals surface area (Å²) < 4.78 is 0. The van der Waals surface area contributed by atoms with Crippen molar-refractivity contribution < 1.29 is 10.2 Å². The molecular formula is C16H26N2O2. The van der Waals surface area contributed by atoms with Gasteiger partial charge in [0, 0.05) is 18.3 Å². The molecule has 1 fully saturated rings. The average molecular weight is 278 g/mol. The first kappa shape index (κ1) is 15.3. The molecule has 2 rings (SSSR count). The summed E-state index contributed by atoms with van der Waals surface area (Å²) in [4.78, 5) is 6.97. The first-order chi connectivity index (χ1) is 9.78. The van der Waals surface area contributed by atoms with Gasteiger partial charge in [-0.25, -0.2) is 4.98 Å². The molecule has 0 atom stereocenters. The zero-order valence-electron chi connectivity index (χ0n) is 12.4. The highest BCUT2D eigenvalue weighted by atomic mass is 16.3. The number of hydrogen-bond donors (Lipinski definition) is 2. The van der Waals surface area contributed by atoms with Crippen LogP contribution in [-0.4, -0.2) is 34.4 Å². The van der Waals surface area contributed by atoms with Gasteiger partial charge in [-0.2, -0.15) is 0 Å². The first-order valence-corrected chi connectivity index (χ1v) is 7.76. The monoisotopic (exact) mass is 278 g/mol. The molecule has 112 valence electrons. The predicted molar refractivity (Wildman–Crippen MR) is 80.8 cm³/mol.